The van der Waals surface area contributed by atoms with Crippen molar-refractivity contribution in [3.63, 3.8) is 0 Å². The van der Waals surface area contributed by atoms with Crippen LogP contribution < -0.4 is 4.74 Å². The summed E-state index contributed by atoms with van der Waals surface area (Å²) in [7, 11) is -1.65. The number of piperidine rings is 1. The molecule has 2 amide bonds. The summed E-state index contributed by atoms with van der Waals surface area (Å²) < 4.78 is 29.1. The Morgan fingerprint density at radius 2 is 1.55 bits per heavy atom. The molecule has 3 fully saturated rings. The maximum atomic E-state index is 13.7. The lowest BCUT2D eigenvalue weighted by molar-refractivity contribution is -0.139. The van der Waals surface area contributed by atoms with Crippen molar-refractivity contribution in [2.75, 3.05) is 52.6 Å². The molecule has 0 radical (unpaired) electrons. The van der Waals surface area contributed by atoms with E-state index < -0.39 is 9.84 Å². The summed E-state index contributed by atoms with van der Waals surface area (Å²) in [5, 5.41) is 0. The molecule has 3 aromatic carbocycles. The Morgan fingerprint density at radius 1 is 0.886 bits per heavy atom. The summed E-state index contributed by atoms with van der Waals surface area (Å²) in [6.45, 7) is 5.19. The van der Waals surface area contributed by atoms with E-state index in [9.17, 15) is 18.0 Å². The predicted molar refractivity (Wildman–Crippen MR) is 169 cm³/mol. The highest BCUT2D eigenvalue weighted by Crippen LogP contribution is 2.43. The van der Waals surface area contributed by atoms with Gasteiger partial charge in [0.1, 0.15) is 5.75 Å². The number of benzene rings is 3. The third kappa shape index (κ3) is 6.13. The van der Waals surface area contributed by atoms with Crippen LogP contribution in [0.2, 0.25) is 0 Å². The maximum absolute atomic E-state index is 13.7. The second-order valence-electron chi connectivity index (χ2n) is 12.7. The fraction of sp³-hybridized carbons (Fsp3) is 0.429. The molecule has 6 rings (SSSR count). The molecule has 3 aliphatic heterocycles. The smallest absolute Gasteiger partial charge is 0.257 e. The average molecular weight is 616 g/mol. The summed E-state index contributed by atoms with van der Waals surface area (Å²) in [6.07, 6.45) is 3.73. The highest BCUT2D eigenvalue weighted by molar-refractivity contribution is 7.90. The SMILES string of the molecule is COc1ccccc1C(=O)N1CC(CN2CCC3(CC2)CCN(Cc2ccc(S(C)(=O)=O)cc2)C3=O)C(c2ccccc2)C1. The van der Waals surface area contributed by atoms with Crippen LogP contribution >= 0.6 is 0 Å². The molecule has 0 aliphatic carbocycles. The van der Waals surface area contributed by atoms with E-state index in [1.165, 1.54) is 11.8 Å². The van der Waals surface area contributed by atoms with Crippen LogP contribution in [0.25, 0.3) is 0 Å². The van der Waals surface area contributed by atoms with Gasteiger partial charge in [-0.1, -0.05) is 54.6 Å². The molecule has 3 saturated heterocycles. The molecule has 2 unspecified atom stereocenters. The third-order valence-electron chi connectivity index (χ3n) is 9.93. The molecule has 0 N–H and O–H groups in total. The van der Waals surface area contributed by atoms with Crippen molar-refractivity contribution in [2.24, 2.45) is 11.3 Å². The van der Waals surface area contributed by atoms with Gasteiger partial charge >= 0.3 is 0 Å². The van der Waals surface area contributed by atoms with E-state index in [0.29, 0.717) is 35.8 Å². The van der Waals surface area contributed by atoms with E-state index in [1.807, 2.05) is 52.3 Å². The molecule has 3 heterocycles. The Hall–Kier alpha value is -3.69. The molecule has 9 heteroatoms. The first-order valence-corrected chi connectivity index (χ1v) is 17.3. The largest absolute Gasteiger partial charge is 0.496 e. The molecule has 1 spiro atoms. The van der Waals surface area contributed by atoms with Crippen molar-refractivity contribution in [2.45, 2.75) is 36.6 Å². The summed E-state index contributed by atoms with van der Waals surface area (Å²) in [4.78, 5) is 34.0. The number of carbonyl (C=O) groups excluding carboxylic acids is 2. The van der Waals surface area contributed by atoms with Gasteiger partial charge in [-0.2, -0.15) is 0 Å². The maximum Gasteiger partial charge on any atom is 0.257 e. The van der Waals surface area contributed by atoms with Crippen molar-refractivity contribution < 1.29 is 22.7 Å². The fourth-order valence-corrected chi connectivity index (χ4v) is 7.99. The van der Waals surface area contributed by atoms with E-state index in [2.05, 4.69) is 29.2 Å². The molecular formula is C35H41N3O5S. The highest BCUT2D eigenvalue weighted by Gasteiger charge is 2.48. The zero-order valence-electron chi connectivity index (χ0n) is 25.5. The van der Waals surface area contributed by atoms with E-state index in [-0.39, 0.29) is 29.1 Å². The van der Waals surface area contributed by atoms with Gasteiger partial charge in [0.25, 0.3) is 5.91 Å². The predicted octanol–water partition coefficient (Wildman–Crippen LogP) is 4.47. The van der Waals surface area contributed by atoms with Gasteiger partial charge in [0.05, 0.1) is 23.0 Å². The summed E-state index contributed by atoms with van der Waals surface area (Å²) in [6, 6.07) is 24.8. The standard InChI is InChI=1S/C35H41N3O5S/c1-43-32-11-7-6-10-30(32)33(39)38-24-28(31(25-38)27-8-4-3-5-9-27)23-36-19-16-35(17-20-36)18-21-37(34(35)40)22-26-12-14-29(15-13-26)44(2,41)42/h3-15,28,31H,16-25H2,1-2H3. The lowest BCUT2D eigenvalue weighted by Gasteiger charge is -2.39. The lowest BCUT2D eigenvalue weighted by Crippen LogP contribution is -2.46. The minimum Gasteiger partial charge on any atom is -0.496 e. The first-order valence-electron chi connectivity index (χ1n) is 15.4. The molecule has 3 aliphatic rings. The number of hydrogen-bond acceptors (Lipinski definition) is 6. The Balaban J connectivity index is 1.10. The minimum absolute atomic E-state index is 0.00563. The number of sulfone groups is 1. The molecule has 8 nitrogen and oxygen atoms in total. The zero-order valence-corrected chi connectivity index (χ0v) is 26.3. The number of likely N-dealkylation sites (tertiary alicyclic amines) is 3. The molecule has 3 aromatic rings. The van der Waals surface area contributed by atoms with Crippen LogP contribution in [0, 0.1) is 11.3 Å². The number of methoxy groups -OCH3 is 1. The Labute approximate surface area is 260 Å². The van der Waals surface area contributed by atoms with Crippen LogP contribution in [0.1, 0.15) is 46.7 Å². The first kappa shape index (κ1) is 30.3. The quantitative estimate of drug-likeness (QED) is 0.372. The zero-order chi connectivity index (χ0) is 30.9. The lowest BCUT2D eigenvalue weighted by atomic mass is 9.76. The Morgan fingerprint density at radius 3 is 2.23 bits per heavy atom. The van der Waals surface area contributed by atoms with Crippen molar-refractivity contribution in [1.82, 2.24) is 14.7 Å². The first-order chi connectivity index (χ1) is 21.2. The number of rotatable bonds is 8. The van der Waals surface area contributed by atoms with Crippen LogP contribution in [0.4, 0.5) is 0 Å². The van der Waals surface area contributed by atoms with Gasteiger partial charge in [-0.25, -0.2) is 8.42 Å². The highest BCUT2D eigenvalue weighted by atomic mass is 32.2. The normalized spacial score (nSPS) is 22.1. The van der Waals surface area contributed by atoms with E-state index >= 15 is 0 Å². The van der Waals surface area contributed by atoms with Gasteiger partial charge in [0, 0.05) is 44.9 Å². The topological polar surface area (TPSA) is 87.2 Å². The summed E-state index contributed by atoms with van der Waals surface area (Å²) >= 11 is 0. The average Bonchev–Trinajstić information content (AvgIpc) is 3.59. The van der Waals surface area contributed by atoms with Crippen LogP contribution in [0.15, 0.2) is 83.8 Å². The van der Waals surface area contributed by atoms with Crippen LogP contribution in [0.3, 0.4) is 0 Å². The molecule has 0 aromatic heterocycles. The summed E-state index contributed by atoms with van der Waals surface area (Å²) in [5.41, 5.74) is 2.48. The summed E-state index contributed by atoms with van der Waals surface area (Å²) in [5.74, 6) is 1.35. The number of amides is 2. The second kappa shape index (κ2) is 12.4. The monoisotopic (exact) mass is 615 g/mol. The van der Waals surface area contributed by atoms with Gasteiger partial charge in [0.15, 0.2) is 9.84 Å². The van der Waals surface area contributed by atoms with Crippen LogP contribution in [-0.2, 0) is 21.2 Å². The van der Waals surface area contributed by atoms with Crippen molar-refractivity contribution in [3.05, 3.63) is 95.6 Å². The van der Waals surface area contributed by atoms with Gasteiger partial charge < -0.3 is 19.4 Å². The van der Waals surface area contributed by atoms with Crippen molar-refractivity contribution in [1.29, 1.82) is 0 Å². The number of nitrogens with zero attached hydrogens (tertiary/aromatic N) is 3. The number of carbonyl (C=O) groups is 2. The Bertz CT molecular complexity index is 1600. The van der Waals surface area contributed by atoms with E-state index in [1.54, 1.807) is 19.2 Å². The van der Waals surface area contributed by atoms with Crippen molar-refractivity contribution >= 4 is 21.7 Å². The van der Waals surface area contributed by atoms with Gasteiger partial charge in [-0.3, -0.25) is 9.59 Å². The molecular weight excluding hydrogens is 574 g/mol. The number of para-hydroxylation sites is 1. The molecule has 0 bridgehead atoms. The van der Waals surface area contributed by atoms with Gasteiger partial charge in [-0.15, -0.1) is 0 Å². The fourth-order valence-electron chi connectivity index (χ4n) is 7.36. The molecule has 44 heavy (non-hydrogen) atoms. The van der Waals surface area contributed by atoms with Gasteiger partial charge in [0.2, 0.25) is 5.91 Å². The van der Waals surface area contributed by atoms with E-state index in [4.69, 9.17) is 4.74 Å². The number of ether oxygens (including phenoxy) is 1. The third-order valence-corrected chi connectivity index (χ3v) is 11.1. The van der Waals surface area contributed by atoms with Crippen LogP contribution in [-0.4, -0.2) is 87.6 Å². The molecule has 0 saturated carbocycles. The Kier molecular flexibility index (Phi) is 8.53. The molecule has 2 atom stereocenters. The second-order valence-corrected chi connectivity index (χ2v) is 14.7. The molecule has 232 valence electrons. The minimum atomic E-state index is -3.25. The van der Waals surface area contributed by atoms with E-state index in [0.717, 1.165) is 51.0 Å². The number of hydrogen-bond donors (Lipinski definition) is 0. The van der Waals surface area contributed by atoms with Crippen LogP contribution in [0.5, 0.6) is 5.75 Å². The van der Waals surface area contributed by atoms with Gasteiger partial charge in [-0.05, 0) is 73.7 Å². The van der Waals surface area contributed by atoms with Crippen molar-refractivity contribution in [3.8, 4) is 5.75 Å².